The number of anilines is 1. The van der Waals surface area contributed by atoms with Gasteiger partial charge in [-0.25, -0.2) is 9.67 Å². The third-order valence-corrected chi connectivity index (χ3v) is 5.66. The van der Waals surface area contributed by atoms with Crippen molar-refractivity contribution in [2.45, 2.75) is 13.5 Å². The van der Waals surface area contributed by atoms with Crippen LogP contribution >= 0.6 is 22.7 Å². The molecule has 3 aromatic heterocycles. The molecule has 4 rings (SSSR count). The minimum Gasteiger partial charge on any atom is -0.324 e. The van der Waals surface area contributed by atoms with Crippen molar-refractivity contribution in [1.29, 1.82) is 0 Å². The number of hydrogen-bond acceptors (Lipinski definition) is 6. The lowest BCUT2D eigenvalue weighted by Crippen LogP contribution is -2.29. The molecule has 0 fully saturated rings. The van der Waals surface area contributed by atoms with Gasteiger partial charge in [0.15, 0.2) is 0 Å². The lowest BCUT2D eigenvalue weighted by molar-refractivity contribution is -0.117. The van der Waals surface area contributed by atoms with E-state index in [4.69, 9.17) is 0 Å². The summed E-state index contributed by atoms with van der Waals surface area (Å²) in [6.07, 6.45) is 0. The van der Waals surface area contributed by atoms with Gasteiger partial charge in [0.2, 0.25) is 5.91 Å². The van der Waals surface area contributed by atoms with Crippen LogP contribution in [0.15, 0.2) is 64.1 Å². The molecule has 6 nitrogen and oxygen atoms in total. The van der Waals surface area contributed by atoms with Crippen LogP contribution in [0.3, 0.4) is 0 Å². The second-order valence-corrected chi connectivity index (χ2v) is 8.08. The first-order chi connectivity index (χ1) is 13.6. The lowest BCUT2D eigenvalue weighted by atomic mass is 10.1. The fourth-order valence-electron chi connectivity index (χ4n) is 2.71. The second-order valence-electron chi connectivity index (χ2n) is 6.07. The smallest absolute Gasteiger partial charge is 0.267 e. The van der Waals surface area contributed by atoms with Crippen LogP contribution in [0.5, 0.6) is 0 Å². The highest BCUT2D eigenvalue weighted by atomic mass is 32.1. The number of benzene rings is 1. The number of carbonyl (C=O) groups is 1. The number of carbonyl (C=O) groups excluding carboxylic acids is 1. The number of thiophene rings is 1. The summed E-state index contributed by atoms with van der Waals surface area (Å²) >= 11 is 3.11. The third-order valence-electron chi connectivity index (χ3n) is 3.99. The quantitative estimate of drug-likeness (QED) is 0.541. The molecule has 0 aliphatic carbocycles. The van der Waals surface area contributed by atoms with E-state index in [-0.39, 0.29) is 18.0 Å². The summed E-state index contributed by atoms with van der Waals surface area (Å²) in [6, 6.07) is 14.4. The lowest BCUT2D eigenvalue weighted by Gasteiger charge is -2.08. The second kappa shape index (κ2) is 7.87. The molecule has 28 heavy (non-hydrogen) atoms. The number of thiazole rings is 1. The Kier molecular flexibility index (Phi) is 5.14. The number of aromatic nitrogens is 3. The van der Waals surface area contributed by atoms with Crippen LogP contribution in [0.2, 0.25) is 0 Å². The van der Waals surface area contributed by atoms with Crippen molar-refractivity contribution in [3.05, 3.63) is 74.7 Å². The molecule has 3 heterocycles. The summed E-state index contributed by atoms with van der Waals surface area (Å²) in [5, 5.41) is 12.0. The Labute approximate surface area is 169 Å². The molecule has 1 aromatic carbocycles. The Morgan fingerprint density at radius 1 is 1.11 bits per heavy atom. The van der Waals surface area contributed by atoms with Crippen LogP contribution in [0, 0.1) is 6.92 Å². The Hall–Kier alpha value is -3.10. The van der Waals surface area contributed by atoms with Gasteiger partial charge in [-0.15, -0.1) is 22.7 Å². The van der Waals surface area contributed by atoms with Gasteiger partial charge in [0.1, 0.15) is 12.2 Å². The number of aryl methyl sites for hydroxylation is 1. The van der Waals surface area contributed by atoms with Crippen molar-refractivity contribution in [1.82, 2.24) is 14.8 Å². The van der Waals surface area contributed by atoms with Gasteiger partial charge >= 0.3 is 0 Å². The highest BCUT2D eigenvalue weighted by molar-refractivity contribution is 7.13. The summed E-state index contributed by atoms with van der Waals surface area (Å²) in [5.41, 5.74) is 2.80. The maximum absolute atomic E-state index is 12.5. The number of hydrogen-bond donors (Lipinski definition) is 1. The number of nitrogens with zero attached hydrogens (tertiary/aromatic N) is 3. The summed E-state index contributed by atoms with van der Waals surface area (Å²) in [6.45, 7) is 1.80. The largest absolute Gasteiger partial charge is 0.324 e. The first-order valence-corrected chi connectivity index (χ1v) is 10.3. The maximum atomic E-state index is 12.5. The van der Waals surface area contributed by atoms with Crippen LogP contribution in [0.4, 0.5) is 5.69 Å². The van der Waals surface area contributed by atoms with Crippen molar-refractivity contribution in [2.24, 2.45) is 0 Å². The Morgan fingerprint density at radius 3 is 2.75 bits per heavy atom. The minimum absolute atomic E-state index is 0.155. The van der Waals surface area contributed by atoms with Crippen molar-refractivity contribution < 1.29 is 4.79 Å². The fraction of sp³-hybridized carbons (Fsp3) is 0.100. The summed E-state index contributed by atoms with van der Waals surface area (Å²) in [5.74, 6) is -0.315. The van der Waals surface area contributed by atoms with Crippen LogP contribution < -0.4 is 10.9 Å². The number of rotatable bonds is 5. The maximum Gasteiger partial charge on any atom is 0.267 e. The summed E-state index contributed by atoms with van der Waals surface area (Å²) in [7, 11) is 0. The highest BCUT2D eigenvalue weighted by Gasteiger charge is 2.10. The highest BCUT2D eigenvalue weighted by Crippen LogP contribution is 2.24. The molecule has 0 bridgehead atoms. The van der Waals surface area contributed by atoms with Crippen LogP contribution in [-0.4, -0.2) is 20.7 Å². The van der Waals surface area contributed by atoms with Gasteiger partial charge in [-0.1, -0.05) is 18.2 Å². The standard InChI is InChI=1S/C20H16N4O2S2/c1-13-21-17(12-28-13)14-4-2-5-15(10-14)22-19(25)11-24-20(26)8-7-16(23-24)18-6-3-9-27-18/h2-10,12H,11H2,1H3,(H,22,25). The SMILES string of the molecule is Cc1nc(-c2cccc(NC(=O)Cn3nc(-c4cccs4)ccc3=O)c2)cs1. The Morgan fingerprint density at radius 2 is 2.00 bits per heavy atom. The van der Waals surface area contributed by atoms with E-state index in [1.54, 1.807) is 23.5 Å². The molecule has 1 N–H and O–H groups in total. The zero-order valence-corrected chi connectivity index (χ0v) is 16.6. The molecule has 0 aliphatic heterocycles. The van der Waals surface area contributed by atoms with Gasteiger partial charge in [0.05, 0.1) is 15.6 Å². The third kappa shape index (κ3) is 4.08. The molecule has 0 aliphatic rings. The van der Waals surface area contributed by atoms with Crippen LogP contribution in [0.25, 0.3) is 21.8 Å². The first kappa shape index (κ1) is 18.3. The molecule has 0 unspecified atom stereocenters. The molecule has 0 spiro atoms. The van der Waals surface area contributed by atoms with E-state index in [0.29, 0.717) is 11.4 Å². The molecule has 0 saturated carbocycles. The van der Waals surface area contributed by atoms with Gasteiger partial charge in [0.25, 0.3) is 5.56 Å². The van der Waals surface area contributed by atoms with Crippen molar-refractivity contribution >= 4 is 34.3 Å². The fourth-order valence-corrected chi connectivity index (χ4v) is 4.02. The zero-order chi connectivity index (χ0) is 19.5. The predicted molar refractivity (Wildman–Crippen MR) is 113 cm³/mol. The molecular weight excluding hydrogens is 392 g/mol. The zero-order valence-electron chi connectivity index (χ0n) is 15.0. The van der Waals surface area contributed by atoms with E-state index in [9.17, 15) is 9.59 Å². The minimum atomic E-state index is -0.317. The number of amides is 1. The van der Waals surface area contributed by atoms with Gasteiger partial charge in [-0.3, -0.25) is 9.59 Å². The molecule has 0 saturated heterocycles. The van der Waals surface area contributed by atoms with Crippen molar-refractivity contribution in [3.63, 3.8) is 0 Å². The van der Waals surface area contributed by atoms with E-state index in [2.05, 4.69) is 15.4 Å². The molecular formula is C20H16N4O2S2. The molecule has 140 valence electrons. The van der Waals surface area contributed by atoms with E-state index < -0.39 is 0 Å². The van der Waals surface area contributed by atoms with Crippen molar-refractivity contribution in [3.8, 4) is 21.8 Å². The van der Waals surface area contributed by atoms with Gasteiger partial charge in [-0.2, -0.15) is 5.10 Å². The van der Waals surface area contributed by atoms with E-state index in [0.717, 1.165) is 21.1 Å². The van der Waals surface area contributed by atoms with E-state index in [1.165, 1.54) is 22.1 Å². The topological polar surface area (TPSA) is 76.9 Å². The number of nitrogens with one attached hydrogen (secondary N) is 1. The molecule has 1 amide bonds. The molecule has 8 heteroatoms. The van der Waals surface area contributed by atoms with Crippen LogP contribution in [-0.2, 0) is 11.3 Å². The first-order valence-electron chi connectivity index (χ1n) is 8.53. The average Bonchev–Trinajstić information content (AvgIpc) is 3.36. The van der Waals surface area contributed by atoms with Crippen molar-refractivity contribution in [2.75, 3.05) is 5.32 Å². The Bertz CT molecular complexity index is 1180. The van der Waals surface area contributed by atoms with Gasteiger partial charge < -0.3 is 5.32 Å². The van der Waals surface area contributed by atoms with Crippen LogP contribution in [0.1, 0.15) is 5.01 Å². The monoisotopic (exact) mass is 408 g/mol. The summed E-state index contributed by atoms with van der Waals surface area (Å²) in [4.78, 5) is 30.0. The summed E-state index contributed by atoms with van der Waals surface area (Å²) < 4.78 is 1.18. The molecule has 4 aromatic rings. The molecule has 0 radical (unpaired) electrons. The van der Waals surface area contributed by atoms with E-state index >= 15 is 0 Å². The van der Waals surface area contributed by atoms with Gasteiger partial charge in [-0.05, 0) is 36.6 Å². The predicted octanol–water partition coefficient (Wildman–Crippen LogP) is 4.04. The average molecular weight is 409 g/mol. The van der Waals surface area contributed by atoms with Gasteiger partial charge in [0, 0.05) is 22.7 Å². The molecule has 0 atom stereocenters. The van der Waals surface area contributed by atoms with E-state index in [1.807, 2.05) is 48.0 Å². The normalized spacial score (nSPS) is 10.8. The Balaban J connectivity index is 1.51.